The molecular formula is C17H25ClO2S. The zero-order chi connectivity index (χ0) is 15.6. The van der Waals surface area contributed by atoms with E-state index in [1.165, 1.54) is 22.3 Å². The fourth-order valence-corrected chi connectivity index (χ4v) is 5.73. The van der Waals surface area contributed by atoms with Gasteiger partial charge in [0.1, 0.15) is 0 Å². The first-order valence-electron chi connectivity index (χ1n) is 7.90. The Morgan fingerprint density at radius 2 is 1.71 bits per heavy atom. The Labute approximate surface area is 133 Å². The first kappa shape index (κ1) is 16.8. The summed E-state index contributed by atoms with van der Waals surface area (Å²) in [5.74, 6) is 0.583. The SMILES string of the molecule is CCc1cc(CC)c(C(Cl)C2CCS(=O)(=O)C2)c(CC)c1. The molecule has 4 heteroatoms. The average Bonchev–Trinajstić information content (AvgIpc) is 2.85. The van der Waals surface area contributed by atoms with Crippen molar-refractivity contribution in [3.8, 4) is 0 Å². The third-order valence-electron chi connectivity index (χ3n) is 4.54. The van der Waals surface area contributed by atoms with E-state index in [1.807, 2.05) is 0 Å². The Bertz CT molecular complexity index is 582. The summed E-state index contributed by atoms with van der Waals surface area (Å²) in [7, 11) is -2.88. The molecule has 1 aliphatic heterocycles. The van der Waals surface area contributed by atoms with Gasteiger partial charge in [-0.25, -0.2) is 8.42 Å². The molecule has 0 radical (unpaired) electrons. The van der Waals surface area contributed by atoms with Crippen LogP contribution < -0.4 is 0 Å². The third-order valence-corrected chi connectivity index (χ3v) is 6.91. The minimum Gasteiger partial charge on any atom is -0.229 e. The van der Waals surface area contributed by atoms with E-state index in [1.54, 1.807) is 0 Å². The zero-order valence-electron chi connectivity index (χ0n) is 13.2. The van der Waals surface area contributed by atoms with Crippen molar-refractivity contribution in [3.63, 3.8) is 0 Å². The number of rotatable bonds is 5. The maximum absolute atomic E-state index is 11.7. The molecule has 0 spiro atoms. The molecule has 21 heavy (non-hydrogen) atoms. The zero-order valence-corrected chi connectivity index (χ0v) is 14.7. The van der Waals surface area contributed by atoms with Gasteiger partial charge < -0.3 is 0 Å². The highest BCUT2D eigenvalue weighted by Gasteiger charge is 2.35. The van der Waals surface area contributed by atoms with Gasteiger partial charge >= 0.3 is 0 Å². The molecule has 1 aromatic rings. The molecule has 2 nitrogen and oxygen atoms in total. The van der Waals surface area contributed by atoms with Crippen LogP contribution in [0.15, 0.2) is 12.1 Å². The van der Waals surface area contributed by atoms with Crippen molar-refractivity contribution in [1.82, 2.24) is 0 Å². The highest BCUT2D eigenvalue weighted by molar-refractivity contribution is 7.91. The second-order valence-corrected chi connectivity index (χ2v) is 8.65. The highest BCUT2D eigenvalue weighted by atomic mass is 35.5. The van der Waals surface area contributed by atoms with E-state index in [0.717, 1.165) is 19.3 Å². The first-order chi connectivity index (χ1) is 9.91. The summed E-state index contributed by atoms with van der Waals surface area (Å²) < 4.78 is 23.5. The lowest BCUT2D eigenvalue weighted by Gasteiger charge is -2.23. The Hall–Kier alpha value is -0.540. The smallest absolute Gasteiger partial charge is 0.150 e. The lowest BCUT2D eigenvalue weighted by molar-refractivity contribution is 0.563. The molecule has 1 aromatic carbocycles. The number of alkyl halides is 1. The van der Waals surface area contributed by atoms with Crippen LogP contribution in [-0.4, -0.2) is 19.9 Å². The molecule has 1 fully saturated rings. The Kier molecular flexibility index (Phi) is 5.37. The van der Waals surface area contributed by atoms with Crippen LogP contribution in [0, 0.1) is 5.92 Å². The summed E-state index contributed by atoms with van der Waals surface area (Å²) in [6, 6.07) is 4.49. The standard InChI is InChI=1S/C17H25ClO2S/c1-4-12-9-13(5-2)16(14(6-3)10-12)17(18)15-7-8-21(19,20)11-15/h9-10,15,17H,4-8,11H2,1-3H3. The molecule has 2 unspecified atom stereocenters. The molecular weight excluding hydrogens is 304 g/mol. The Balaban J connectivity index is 2.42. The van der Waals surface area contributed by atoms with Crippen LogP contribution in [0.5, 0.6) is 0 Å². The van der Waals surface area contributed by atoms with Gasteiger partial charge in [-0.1, -0.05) is 32.9 Å². The molecule has 2 atom stereocenters. The number of benzene rings is 1. The molecule has 0 aromatic heterocycles. The lowest BCUT2D eigenvalue weighted by Crippen LogP contribution is -2.14. The molecule has 2 rings (SSSR count). The molecule has 0 saturated carbocycles. The van der Waals surface area contributed by atoms with Gasteiger partial charge in [0.2, 0.25) is 0 Å². The second kappa shape index (κ2) is 6.70. The van der Waals surface area contributed by atoms with Crippen molar-refractivity contribution in [1.29, 1.82) is 0 Å². The van der Waals surface area contributed by atoms with Crippen LogP contribution in [0.1, 0.15) is 54.8 Å². The van der Waals surface area contributed by atoms with Crippen LogP contribution >= 0.6 is 11.6 Å². The minimum absolute atomic E-state index is 0.0553. The summed E-state index contributed by atoms with van der Waals surface area (Å²) in [6.07, 6.45) is 3.60. The fourth-order valence-electron chi connectivity index (χ4n) is 3.28. The first-order valence-corrected chi connectivity index (χ1v) is 10.2. The van der Waals surface area contributed by atoms with Gasteiger partial charge in [0.05, 0.1) is 16.9 Å². The molecule has 1 saturated heterocycles. The Morgan fingerprint density at radius 3 is 2.10 bits per heavy atom. The van der Waals surface area contributed by atoms with Gasteiger partial charge in [-0.2, -0.15) is 0 Å². The van der Waals surface area contributed by atoms with Crippen LogP contribution in [-0.2, 0) is 29.1 Å². The molecule has 0 aliphatic carbocycles. The van der Waals surface area contributed by atoms with Crippen molar-refractivity contribution < 1.29 is 8.42 Å². The molecule has 1 aliphatic rings. The number of hydrogen-bond acceptors (Lipinski definition) is 2. The van der Waals surface area contributed by atoms with Crippen LogP contribution in [0.25, 0.3) is 0 Å². The molecule has 0 N–H and O–H groups in total. The minimum atomic E-state index is -2.88. The van der Waals surface area contributed by atoms with E-state index in [9.17, 15) is 8.42 Å². The molecule has 0 bridgehead atoms. The van der Waals surface area contributed by atoms with Gasteiger partial charge in [-0.05, 0) is 53.9 Å². The summed E-state index contributed by atoms with van der Waals surface area (Å²) in [5.41, 5.74) is 5.11. The normalized spacial score (nSPS) is 22.4. The number of hydrogen-bond donors (Lipinski definition) is 0. The van der Waals surface area contributed by atoms with Gasteiger partial charge in [0, 0.05) is 0 Å². The highest BCUT2D eigenvalue weighted by Crippen LogP contribution is 2.40. The van der Waals surface area contributed by atoms with Crippen molar-refractivity contribution in [2.75, 3.05) is 11.5 Å². The topological polar surface area (TPSA) is 34.1 Å². The van der Waals surface area contributed by atoms with Crippen LogP contribution in [0.4, 0.5) is 0 Å². The van der Waals surface area contributed by atoms with E-state index in [2.05, 4.69) is 32.9 Å². The molecule has 1 heterocycles. The Morgan fingerprint density at radius 1 is 1.14 bits per heavy atom. The van der Waals surface area contributed by atoms with E-state index in [0.29, 0.717) is 6.42 Å². The summed E-state index contributed by atoms with van der Waals surface area (Å²) in [6.45, 7) is 6.45. The predicted molar refractivity (Wildman–Crippen MR) is 89.9 cm³/mol. The van der Waals surface area contributed by atoms with E-state index in [4.69, 9.17) is 11.6 Å². The maximum Gasteiger partial charge on any atom is 0.150 e. The van der Waals surface area contributed by atoms with Gasteiger partial charge in [0.25, 0.3) is 0 Å². The number of aryl methyl sites for hydroxylation is 3. The van der Waals surface area contributed by atoms with Crippen molar-refractivity contribution in [3.05, 3.63) is 34.4 Å². The quantitative estimate of drug-likeness (QED) is 0.763. The average molecular weight is 329 g/mol. The van der Waals surface area contributed by atoms with Gasteiger partial charge in [0.15, 0.2) is 9.84 Å². The van der Waals surface area contributed by atoms with Crippen molar-refractivity contribution in [2.45, 2.75) is 51.8 Å². The van der Waals surface area contributed by atoms with E-state index >= 15 is 0 Å². The molecule has 0 amide bonds. The van der Waals surface area contributed by atoms with Crippen LogP contribution in [0.3, 0.4) is 0 Å². The number of halogens is 1. The molecule has 118 valence electrons. The summed E-state index contributed by atoms with van der Waals surface area (Å²) in [5, 5.41) is -0.182. The van der Waals surface area contributed by atoms with E-state index in [-0.39, 0.29) is 22.8 Å². The third kappa shape index (κ3) is 3.62. The van der Waals surface area contributed by atoms with Gasteiger partial charge in [-0.3, -0.25) is 0 Å². The van der Waals surface area contributed by atoms with Gasteiger partial charge in [-0.15, -0.1) is 11.6 Å². The van der Waals surface area contributed by atoms with E-state index < -0.39 is 9.84 Å². The second-order valence-electron chi connectivity index (χ2n) is 5.95. The fraction of sp³-hybridized carbons (Fsp3) is 0.647. The maximum atomic E-state index is 11.7. The van der Waals surface area contributed by atoms with Crippen molar-refractivity contribution in [2.24, 2.45) is 5.92 Å². The van der Waals surface area contributed by atoms with Crippen LogP contribution in [0.2, 0.25) is 0 Å². The number of sulfone groups is 1. The predicted octanol–water partition coefficient (Wildman–Crippen LogP) is 4.09. The summed E-state index contributed by atoms with van der Waals surface area (Å²) in [4.78, 5) is 0. The lowest BCUT2D eigenvalue weighted by atomic mass is 9.87. The summed E-state index contributed by atoms with van der Waals surface area (Å²) >= 11 is 6.74. The largest absolute Gasteiger partial charge is 0.229 e. The monoisotopic (exact) mass is 328 g/mol. The van der Waals surface area contributed by atoms with Crippen molar-refractivity contribution >= 4 is 21.4 Å².